The summed E-state index contributed by atoms with van der Waals surface area (Å²) >= 11 is 6.27. The molecule has 5 rings (SSSR count). The summed E-state index contributed by atoms with van der Waals surface area (Å²) < 4.78 is 0. The number of para-hydroxylation sites is 1. The monoisotopic (exact) mass is 405 g/mol. The summed E-state index contributed by atoms with van der Waals surface area (Å²) in [6.07, 6.45) is 5.59. The second kappa shape index (κ2) is 8.01. The summed E-state index contributed by atoms with van der Waals surface area (Å²) in [6, 6.07) is 16.7. The average Bonchev–Trinajstić information content (AvgIpc) is 3.38. The van der Waals surface area contributed by atoms with Crippen LogP contribution in [0.4, 0.5) is 0 Å². The van der Waals surface area contributed by atoms with E-state index in [1.807, 2.05) is 24.4 Å². The molecule has 6 heteroatoms. The van der Waals surface area contributed by atoms with Gasteiger partial charge in [-0.1, -0.05) is 54.1 Å². The Hall–Kier alpha value is -2.63. The number of likely N-dealkylation sites (tertiary alicyclic amines) is 1. The SMILES string of the molecule is Clc1cccc2c(-c3nnc(CN4CCC(Cc5ccccc5)CC4)[nH]3)c[nH]c12. The van der Waals surface area contributed by atoms with E-state index in [0.717, 1.165) is 53.7 Å². The summed E-state index contributed by atoms with van der Waals surface area (Å²) in [5.74, 6) is 2.47. The highest BCUT2D eigenvalue weighted by Crippen LogP contribution is 2.30. The smallest absolute Gasteiger partial charge is 0.163 e. The van der Waals surface area contributed by atoms with E-state index in [0.29, 0.717) is 5.02 Å². The van der Waals surface area contributed by atoms with Crippen molar-refractivity contribution in [3.63, 3.8) is 0 Å². The number of piperidine rings is 1. The molecule has 1 aliphatic heterocycles. The zero-order chi connectivity index (χ0) is 19.6. The molecule has 0 unspecified atom stereocenters. The highest BCUT2D eigenvalue weighted by atomic mass is 35.5. The minimum atomic E-state index is 0.715. The molecule has 1 fully saturated rings. The Labute approximate surface area is 175 Å². The molecule has 4 aromatic rings. The maximum atomic E-state index is 6.27. The van der Waals surface area contributed by atoms with Crippen LogP contribution in [0.2, 0.25) is 5.02 Å². The van der Waals surface area contributed by atoms with Gasteiger partial charge in [0.15, 0.2) is 5.82 Å². The van der Waals surface area contributed by atoms with E-state index >= 15 is 0 Å². The van der Waals surface area contributed by atoms with Crippen LogP contribution in [-0.4, -0.2) is 38.2 Å². The van der Waals surface area contributed by atoms with Gasteiger partial charge in [-0.3, -0.25) is 4.90 Å². The molecule has 2 aromatic heterocycles. The number of halogens is 1. The number of nitrogens with one attached hydrogen (secondary N) is 2. The standard InChI is InChI=1S/C23H24ClN5/c24-20-8-4-7-18-19(14-25-22(18)20)23-26-21(27-28-23)15-29-11-9-17(10-12-29)13-16-5-2-1-3-6-16/h1-8,14,17,25H,9-13,15H2,(H,26,27,28). The number of fused-ring (bicyclic) bond motifs is 1. The lowest BCUT2D eigenvalue weighted by Crippen LogP contribution is -2.34. The molecule has 5 nitrogen and oxygen atoms in total. The number of H-pyrrole nitrogens is 2. The molecule has 0 saturated carbocycles. The molecular formula is C23H24ClN5. The quantitative estimate of drug-likeness (QED) is 0.487. The normalized spacial score (nSPS) is 15.9. The van der Waals surface area contributed by atoms with Crippen molar-refractivity contribution in [2.75, 3.05) is 13.1 Å². The van der Waals surface area contributed by atoms with Crippen LogP contribution in [0.3, 0.4) is 0 Å². The number of hydrogen-bond acceptors (Lipinski definition) is 3. The molecule has 148 valence electrons. The van der Waals surface area contributed by atoms with Crippen LogP contribution in [-0.2, 0) is 13.0 Å². The first kappa shape index (κ1) is 18.4. The van der Waals surface area contributed by atoms with E-state index in [4.69, 9.17) is 11.6 Å². The topological polar surface area (TPSA) is 60.6 Å². The largest absolute Gasteiger partial charge is 0.359 e. The molecule has 3 heterocycles. The Kier molecular flexibility index (Phi) is 5.08. The Morgan fingerprint density at radius 1 is 1.00 bits per heavy atom. The first-order chi connectivity index (χ1) is 14.3. The third-order valence-corrected chi connectivity index (χ3v) is 6.22. The highest BCUT2D eigenvalue weighted by Gasteiger charge is 2.21. The molecule has 0 atom stereocenters. The van der Waals surface area contributed by atoms with Crippen LogP contribution in [0.1, 0.15) is 24.2 Å². The highest BCUT2D eigenvalue weighted by molar-refractivity contribution is 6.35. The fourth-order valence-electron chi connectivity index (χ4n) is 4.31. The van der Waals surface area contributed by atoms with Crippen molar-refractivity contribution < 1.29 is 0 Å². The van der Waals surface area contributed by atoms with Crippen molar-refractivity contribution in [2.24, 2.45) is 5.92 Å². The van der Waals surface area contributed by atoms with Crippen LogP contribution in [0.25, 0.3) is 22.3 Å². The zero-order valence-corrected chi connectivity index (χ0v) is 17.0. The van der Waals surface area contributed by atoms with Crippen LogP contribution in [0.5, 0.6) is 0 Å². The van der Waals surface area contributed by atoms with Gasteiger partial charge in [0.2, 0.25) is 0 Å². The Morgan fingerprint density at radius 3 is 2.66 bits per heavy atom. The lowest BCUT2D eigenvalue weighted by atomic mass is 9.90. The van der Waals surface area contributed by atoms with Gasteiger partial charge in [0.1, 0.15) is 5.82 Å². The van der Waals surface area contributed by atoms with Crippen LogP contribution >= 0.6 is 11.6 Å². The zero-order valence-electron chi connectivity index (χ0n) is 16.2. The van der Waals surface area contributed by atoms with E-state index in [9.17, 15) is 0 Å². The molecule has 29 heavy (non-hydrogen) atoms. The number of nitrogens with zero attached hydrogens (tertiary/aromatic N) is 3. The molecule has 0 bridgehead atoms. The Morgan fingerprint density at radius 2 is 1.83 bits per heavy atom. The summed E-state index contributed by atoms with van der Waals surface area (Å²) in [7, 11) is 0. The van der Waals surface area contributed by atoms with Gasteiger partial charge < -0.3 is 9.97 Å². The van der Waals surface area contributed by atoms with Crippen molar-refractivity contribution in [1.82, 2.24) is 25.1 Å². The van der Waals surface area contributed by atoms with Gasteiger partial charge >= 0.3 is 0 Å². The first-order valence-corrected chi connectivity index (χ1v) is 10.6. The molecule has 0 aliphatic carbocycles. The Balaban J connectivity index is 1.21. The third kappa shape index (κ3) is 3.93. The van der Waals surface area contributed by atoms with Crippen molar-refractivity contribution in [1.29, 1.82) is 0 Å². The van der Waals surface area contributed by atoms with Gasteiger partial charge in [0.25, 0.3) is 0 Å². The van der Waals surface area contributed by atoms with Gasteiger partial charge in [-0.25, -0.2) is 0 Å². The number of aromatic nitrogens is 4. The Bertz CT molecular complexity index is 1090. The predicted molar refractivity (Wildman–Crippen MR) is 117 cm³/mol. The summed E-state index contributed by atoms with van der Waals surface area (Å²) in [5, 5.41) is 10.5. The second-order valence-electron chi connectivity index (χ2n) is 7.89. The van der Waals surface area contributed by atoms with Crippen molar-refractivity contribution >= 4 is 22.5 Å². The van der Waals surface area contributed by atoms with Crippen LogP contribution < -0.4 is 0 Å². The van der Waals surface area contributed by atoms with Gasteiger partial charge in [-0.2, -0.15) is 0 Å². The van der Waals surface area contributed by atoms with E-state index in [1.54, 1.807) is 0 Å². The molecule has 0 radical (unpaired) electrons. The van der Waals surface area contributed by atoms with E-state index in [-0.39, 0.29) is 0 Å². The third-order valence-electron chi connectivity index (χ3n) is 5.90. The number of benzene rings is 2. The molecule has 1 aliphatic rings. The first-order valence-electron chi connectivity index (χ1n) is 10.2. The van der Waals surface area contributed by atoms with E-state index in [2.05, 4.69) is 55.4 Å². The maximum absolute atomic E-state index is 6.27. The molecule has 0 spiro atoms. The molecule has 2 aromatic carbocycles. The molecule has 2 N–H and O–H groups in total. The van der Waals surface area contributed by atoms with Gasteiger partial charge in [0, 0.05) is 17.1 Å². The van der Waals surface area contributed by atoms with Crippen LogP contribution in [0.15, 0.2) is 54.7 Å². The van der Waals surface area contributed by atoms with Gasteiger partial charge in [-0.15, -0.1) is 10.2 Å². The van der Waals surface area contributed by atoms with Crippen molar-refractivity contribution in [3.05, 3.63) is 71.1 Å². The maximum Gasteiger partial charge on any atom is 0.163 e. The minimum absolute atomic E-state index is 0.715. The number of hydrogen-bond donors (Lipinski definition) is 2. The molecule has 0 amide bonds. The fraction of sp³-hybridized carbons (Fsp3) is 0.304. The van der Waals surface area contributed by atoms with Crippen molar-refractivity contribution in [3.8, 4) is 11.4 Å². The van der Waals surface area contributed by atoms with Crippen LogP contribution in [0, 0.1) is 5.92 Å². The fourth-order valence-corrected chi connectivity index (χ4v) is 4.54. The average molecular weight is 406 g/mol. The second-order valence-corrected chi connectivity index (χ2v) is 8.30. The number of rotatable bonds is 5. The molecular weight excluding hydrogens is 382 g/mol. The summed E-state index contributed by atoms with van der Waals surface area (Å²) in [4.78, 5) is 9.11. The summed E-state index contributed by atoms with van der Waals surface area (Å²) in [6.45, 7) is 3.03. The van der Waals surface area contributed by atoms with Gasteiger partial charge in [0.05, 0.1) is 17.1 Å². The molecule has 1 saturated heterocycles. The lowest BCUT2D eigenvalue weighted by Gasteiger charge is -2.31. The lowest BCUT2D eigenvalue weighted by molar-refractivity contribution is 0.173. The summed E-state index contributed by atoms with van der Waals surface area (Å²) in [5.41, 5.74) is 3.38. The van der Waals surface area contributed by atoms with E-state index < -0.39 is 0 Å². The number of aromatic amines is 2. The minimum Gasteiger partial charge on any atom is -0.359 e. The van der Waals surface area contributed by atoms with E-state index in [1.165, 1.54) is 24.8 Å². The van der Waals surface area contributed by atoms with Gasteiger partial charge in [-0.05, 0) is 49.9 Å². The predicted octanol–water partition coefficient (Wildman–Crippen LogP) is 5.06. The van der Waals surface area contributed by atoms with Crippen molar-refractivity contribution in [2.45, 2.75) is 25.8 Å².